The minimum absolute atomic E-state index is 0.0694. The fraction of sp³-hybridized carbons (Fsp3) is 0.208. The van der Waals surface area contributed by atoms with Crippen molar-refractivity contribution in [3.8, 4) is 0 Å². The van der Waals surface area contributed by atoms with Crippen molar-refractivity contribution in [2.75, 3.05) is 0 Å². The summed E-state index contributed by atoms with van der Waals surface area (Å²) in [6, 6.07) is 26.7. The Morgan fingerprint density at radius 3 is 1.92 bits per heavy atom. The average Bonchev–Trinajstić information content (AvgIpc) is 2.67. The normalized spacial score (nSPS) is 11.8. The molecule has 1 N–H and O–H groups in total. The highest BCUT2D eigenvalue weighted by Crippen LogP contribution is 2.22. The number of aryl methyl sites for hydroxylation is 3. The van der Waals surface area contributed by atoms with Gasteiger partial charge in [-0.2, -0.15) is 0 Å². The van der Waals surface area contributed by atoms with E-state index in [-0.39, 0.29) is 11.9 Å². The molecule has 0 radical (unpaired) electrons. The van der Waals surface area contributed by atoms with Crippen molar-refractivity contribution in [3.63, 3.8) is 0 Å². The first kappa shape index (κ1) is 17.9. The summed E-state index contributed by atoms with van der Waals surface area (Å²) in [4.78, 5) is 12.6. The fourth-order valence-electron chi connectivity index (χ4n) is 3.01. The first-order chi connectivity index (χ1) is 12.6. The molecule has 0 fully saturated rings. The van der Waals surface area contributed by atoms with Gasteiger partial charge in [0.15, 0.2) is 0 Å². The molecule has 132 valence electrons. The number of carbonyl (C=O) groups excluding carboxylic acids is 1. The van der Waals surface area contributed by atoms with Crippen molar-refractivity contribution in [2.45, 2.75) is 32.7 Å². The topological polar surface area (TPSA) is 29.1 Å². The molecule has 0 saturated heterocycles. The van der Waals surface area contributed by atoms with Crippen LogP contribution < -0.4 is 5.32 Å². The van der Waals surface area contributed by atoms with E-state index >= 15 is 0 Å². The van der Waals surface area contributed by atoms with E-state index in [1.807, 2.05) is 18.2 Å². The first-order valence-corrected chi connectivity index (χ1v) is 9.08. The lowest BCUT2D eigenvalue weighted by atomic mass is 9.97. The Bertz CT molecular complexity index is 836. The van der Waals surface area contributed by atoms with Gasteiger partial charge in [-0.05, 0) is 37.0 Å². The van der Waals surface area contributed by atoms with Gasteiger partial charge in [-0.25, -0.2) is 0 Å². The summed E-state index contributed by atoms with van der Waals surface area (Å²) in [7, 11) is 0. The van der Waals surface area contributed by atoms with Crippen LogP contribution in [0.15, 0.2) is 78.9 Å². The Kier molecular flexibility index (Phi) is 5.85. The maximum atomic E-state index is 12.6. The predicted molar refractivity (Wildman–Crippen MR) is 107 cm³/mol. The summed E-state index contributed by atoms with van der Waals surface area (Å²) in [5, 5.41) is 3.21. The maximum Gasteiger partial charge on any atom is 0.221 e. The largest absolute Gasteiger partial charge is 0.345 e. The van der Waals surface area contributed by atoms with Crippen LogP contribution in [0, 0.1) is 13.8 Å². The third-order valence-corrected chi connectivity index (χ3v) is 4.61. The Balaban J connectivity index is 1.71. The SMILES string of the molecule is Cc1ccc(CCC(=O)N[C@H](c2ccccc2)c2ccc(C)cc2)cc1. The zero-order valence-corrected chi connectivity index (χ0v) is 15.4. The van der Waals surface area contributed by atoms with E-state index in [9.17, 15) is 4.79 Å². The van der Waals surface area contributed by atoms with Crippen LogP contribution in [0.4, 0.5) is 0 Å². The molecular formula is C24H25NO. The molecule has 0 aromatic heterocycles. The number of amides is 1. The van der Waals surface area contributed by atoms with Crippen molar-refractivity contribution in [1.29, 1.82) is 0 Å². The van der Waals surface area contributed by atoms with E-state index in [1.54, 1.807) is 0 Å². The molecule has 0 bridgehead atoms. The van der Waals surface area contributed by atoms with Crippen LogP contribution in [0.3, 0.4) is 0 Å². The van der Waals surface area contributed by atoms with E-state index in [0.29, 0.717) is 6.42 Å². The van der Waals surface area contributed by atoms with E-state index in [2.05, 4.69) is 79.8 Å². The zero-order valence-electron chi connectivity index (χ0n) is 15.4. The second kappa shape index (κ2) is 8.48. The second-order valence-corrected chi connectivity index (χ2v) is 6.81. The Morgan fingerprint density at radius 2 is 1.31 bits per heavy atom. The molecule has 2 nitrogen and oxygen atoms in total. The van der Waals surface area contributed by atoms with Crippen LogP contribution in [-0.4, -0.2) is 5.91 Å². The van der Waals surface area contributed by atoms with E-state index < -0.39 is 0 Å². The molecule has 2 heteroatoms. The standard InChI is InChI=1S/C24H25NO/c1-18-8-12-20(13-9-18)14-17-23(26)25-24(21-6-4-3-5-7-21)22-15-10-19(2)11-16-22/h3-13,15-16,24H,14,17H2,1-2H3,(H,25,26)/t24-/m1/s1. The quantitative estimate of drug-likeness (QED) is 0.659. The minimum Gasteiger partial charge on any atom is -0.345 e. The molecule has 1 atom stereocenters. The average molecular weight is 343 g/mol. The van der Waals surface area contributed by atoms with Crippen LogP contribution in [-0.2, 0) is 11.2 Å². The number of rotatable bonds is 6. The van der Waals surface area contributed by atoms with Gasteiger partial charge in [0.1, 0.15) is 0 Å². The van der Waals surface area contributed by atoms with Gasteiger partial charge in [-0.1, -0.05) is 90.0 Å². The van der Waals surface area contributed by atoms with E-state index in [1.165, 1.54) is 16.7 Å². The molecule has 0 aliphatic rings. The van der Waals surface area contributed by atoms with Gasteiger partial charge in [0, 0.05) is 6.42 Å². The molecule has 0 aliphatic carbocycles. The molecule has 3 rings (SSSR count). The Labute approximate surface area is 155 Å². The van der Waals surface area contributed by atoms with Gasteiger partial charge in [-0.15, -0.1) is 0 Å². The molecule has 0 saturated carbocycles. The van der Waals surface area contributed by atoms with Gasteiger partial charge < -0.3 is 5.32 Å². The molecule has 3 aromatic rings. The highest BCUT2D eigenvalue weighted by atomic mass is 16.1. The predicted octanol–water partition coefficient (Wildman–Crippen LogP) is 5.14. The second-order valence-electron chi connectivity index (χ2n) is 6.81. The van der Waals surface area contributed by atoms with Crippen molar-refractivity contribution < 1.29 is 4.79 Å². The van der Waals surface area contributed by atoms with Crippen LogP contribution in [0.1, 0.15) is 40.3 Å². The van der Waals surface area contributed by atoms with E-state index in [4.69, 9.17) is 0 Å². The lowest BCUT2D eigenvalue weighted by molar-refractivity contribution is -0.121. The van der Waals surface area contributed by atoms with Crippen molar-refractivity contribution in [3.05, 3.63) is 107 Å². The smallest absolute Gasteiger partial charge is 0.221 e. The molecular weight excluding hydrogens is 318 g/mol. The highest BCUT2D eigenvalue weighted by molar-refractivity contribution is 5.77. The first-order valence-electron chi connectivity index (χ1n) is 9.08. The van der Waals surface area contributed by atoms with Gasteiger partial charge in [-0.3, -0.25) is 4.79 Å². The lowest BCUT2D eigenvalue weighted by Gasteiger charge is -2.20. The lowest BCUT2D eigenvalue weighted by Crippen LogP contribution is -2.29. The summed E-state index contributed by atoms with van der Waals surface area (Å²) >= 11 is 0. The number of hydrogen-bond donors (Lipinski definition) is 1. The Hall–Kier alpha value is -2.87. The van der Waals surface area contributed by atoms with Gasteiger partial charge in [0.05, 0.1) is 6.04 Å². The third kappa shape index (κ3) is 4.82. The van der Waals surface area contributed by atoms with Crippen LogP contribution in [0.25, 0.3) is 0 Å². The fourth-order valence-corrected chi connectivity index (χ4v) is 3.01. The molecule has 0 unspecified atom stereocenters. The van der Waals surface area contributed by atoms with E-state index in [0.717, 1.165) is 17.5 Å². The molecule has 1 amide bonds. The van der Waals surface area contributed by atoms with Crippen molar-refractivity contribution >= 4 is 5.91 Å². The minimum atomic E-state index is -0.123. The maximum absolute atomic E-state index is 12.6. The monoisotopic (exact) mass is 343 g/mol. The number of hydrogen-bond acceptors (Lipinski definition) is 1. The number of carbonyl (C=O) groups is 1. The summed E-state index contributed by atoms with van der Waals surface area (Å²) in [5.41, 5.74) is 5.84. The van der Waals surface area contributed by atoms with Crippen molar-refractivity contribution in [2.24, 2.45) is 0 Å². The molecule has 0 aliphatic heterocycles. The highest BCUT2D eigenvalue weighted by Gasteiger charge is 2.16. The zero-order chi connectivity index (χ0) is 18.4. The van der Waals surface area contributed by atoms with Gasteiger partial charge >= 0.3 is 0 Å². The van der Waals surface area contributed by atoms with Crippen LogP contribution >= 0.6 is 0 Å². The van der Waals surface area contributed by atoms with Crippen molar-refractivity contribution in [1.82, 2.24) is 5.32 Å². The van der Waals surface area contributed by atoms with Gasteiger partial charge in [0.2, 0.25) is 5.91 Å². The van der Waals surface area contributed by atoms with Crippen LogP contribution in [0.5, 0.6) is 0 Å². The Morgan fingerprint density at radius 1 is 0.769 bits per heavy atom. The summed E-state index contributed by atoms with van der Waals surface area (Å²) in [5.74, 6) is 0.0694. The van der Waals surface area contributed by atoms with Crippen LogP contribution in [0.2, 0.25) is 0 Å². The van der Waals surface area contributed by atoms with Gasteiger partial charge in [0.25, 0.3) is 0 Å². The summed E-state index contributed by atoms with van der Waals surface area (Å²) in [6.45, 7) is 4.14. The third-order valence-electron chi connectivity index (χ3n) is 4.61. The molecule has 26 heavy (non-hydrogen) atoms. The number of nitrogens with one attached hydrogen (secondary N) is 1. The molecule has 0 heterocycles. The summed E-state index contributed by atoms with van der Waals surface area (Å²) < 4.78 is 0. The number of benzene rings is 3. The molecule has 3 aromatic carbocycles. The summed E-state index contributed by atoms with van der Waals surface area (Å²) in [6.07, 6.45) is 1.24. The molecule has 0 spiro atoms.